The molecule has 48 heavy (non-hydrogen) atoms. The van der Waals surface area contributed by atoms with Crippen molar-refractivity contribution in [3.05, 3.63) is 101 Å². The van der Waals surface area contributed by atoms with Gasteiger partial charge < -0.3 is 20.0 Å². The highest BCUT2D eigenvalue weighted by Gasteiger charge is 2.35. The standard InChI is InChI=1S/C39H51FN4O4/c1-29-27-44(30(2)26-43(29)28-31-11-7-15-35(40)23-31)38(33-13-9-16-36(45)25-33)32-12-8-14-34(24-32)39(48)42-20-10-19-41(21-22-42)18-6-4-3-5-17-37(46)47/h7-9,11-16,23-25,29-30,38,45H,3-6,10,17-22,26-28H2,1-2H3,(H,46,47)/t29-,30+,38?/m1/s1. The number of rotatable bonds is 13. The maximum Gasteiger partial charge on any atom is 0.303 e. The number of nitrogens with zero attached hydrogens (tertiary/aromatic N) is 4. The molecule has 0 radical (unpaired) electrons. The Morgan fingerprint density at radius 3 is 2.35 bits per heavy atom. The fourth-order valence-corrected chi connectivity index (χ4v) is 7.33. The number of piperazine rings is 1. The topological polar surface area (TPSA) is 87.6 Å². The molecular formula is C39H51FN4O4. The highest BCUT2D eigenvalue weighted by molar-refractivity contribution is 5.94. The smallest absolute Gasteiger partial charge is 0.303 e. The zero-order chi connectivity index (χ0) is 34.0. The molecule has 1 unspecified atom stereocenters. The normalized spacial score (nSPS) is 20.4. The van der Waals surface area contributed by atoms with Crippen molar-refractivity contribution < 1.29 is 24.2 Å². The van der Waals surface area contributed by atoms with Crippen LogP contribution in [0.3, 0.4) is 0 Å². The molecule has 3 atom stereocenters. The average molecular weight is 659 g/mol. The van der Waals surface area contributed by atoms with Crippen LogP contribution in [0.5, 0.6) is 5.75 Å². The number of hydrogen-bond acceptors (Lipinski definition) is 6. The number of carboxylic acid groups (broad SMARTS) is 1. The van der Waals surface area contributed by atoms with Gasteiger partial charge in [-0.25, -0.2) is 4.39 Å². The number of carbonyl (C=O) groups is 2. The molecule has 9 heteroatoms. The molecule has 8 nitrogen and oxygen atoms in total. The van der Waals surface area contributed by atoms with Gasteiger partial charge in [0.15, 0.2) is 0 Å². The predicted octanol–water partition coefficient (Wildman–Crippen LogP) is 6.40. The van der Waals surface area contributed by atoms with Crippen LogP contribution in [0.15, 0.2) is 72.8 Å². The van der Waals surface area contributed by atoms with Gasteiger partial charge >= 0.3 is 5.97 Å². The second kappa shape index (κ2) is 17.0. The van der Waals surface area contributed by atoms with E-state index in [4.69, 9.17) is 5.11 Å². The van der Waals surface area contributed by atoms with Crippen molar-refractivity contribution in [2.24, 2.45) is 0 Å². The quantitative estimate of drug-likeness (QED) is 0.206. The Balaban J connectivity index is 1.27. The predicted molar refractivity (Wildman–Crippen MR) is 187 cm³/mol. The van der Waals surface area contributed by atoms with Crippen LogP contribution >= 0.6 is 0 Å². The first-order chi connectivity index (χ1) is 23.2. The largest absolute Gasteiger partial charge is 0.508 e. The minimum Gasteiger partial charge on any atom is -0.508 e. The zero-order valence-electron chi connectivity index (χ0n) is 28.4. The molecule has 2 N–H and O–H groups in total. The summed E-state index contributed by atoms with van der Waals surface area (Å²) in [7, 11) is 0. The van der Waals surface area contributed by atoms with Gasteiger partial charge in [0.2, 0.25) is 0 Å². The fourth-order valence-electron chi connectivity index (χ4n) is 7.33. The van der Waals surface area contributed by atoms with Crippen LogP contribution in [0.1, 0.15) is 85.5 Å². The van der Waals surface area contributed by atoms with Gasteiger partial charge in [-0.2, -0.15) is 0 Å². The number of aliphatic carboxylic acids is 1. The summed E-state index contributed by atoms with van der Waals surface area (Å²) in [5.41, 5.74) is 3.63. The van der Waals surface area contributed by atoms with E-state index >= 15 is 0 Å². The monoisotopic (exact) mass is 658 g/mol. The van der Waals surface area contributed by atoms with E-state index in [9.17, 15) is 19.1 Å². The van der Waals surface area contributed by atoms with E-state index < -0.39 is 5.97 Å². The van der Waals surface area contributed by atoms with Crippen LogP contribution in [0.2, 0.25) is 0 Å². The maximum atomic E-state index is 13.9. The summed E-state index contributed by atoms with van der Waals surface area (Å²) in [6.07, 6.45) is 4.90. The molecule has 3 aromatic rings. The molecule has 0 saturated carbocycles. The minimum atomic E-state index is -0.728. The number of hydrogen-bond donors (Lipinski definition) is 2. The van der Waals surface area contributed by atoms with E-state index in [0.717, 1.165) is 88.1 Å². The van der Waals surface area contributed by atoms with Crippen molar-refractivity contribution >= 4 is 11.9 Å². The average Bonchev–Trinajstić information content (AvgIpc) is 3.30. The van der Waals surface area contributed by atoms with Gasteiger partial charge in [-0.05, 0) is 99.3 Å². The maximum absolute atomic E-state index is 13.9. The van der Waals surface area contributed by atoms with Gasteiger partial charge in [0.05, 0.1) is 6.04 Å². The van der Waals surface area contributed by atoms with Crippen LogP contribution in [0, 0.1) is 5.82 Å². The van der Waals surface area contributed by atoms with Crippen molar-refractivity contribution in [1.29, 1.82) is 0 Å². The molecule has 0 bridgehead atoms. The van der Waals surface area contributed by atoms with Gasteiger partial charge in [-0.3, -0.25) is 19.4 Å². The molecular weight excluding hydrogens is 607 g/mol. The fraction of sp³-hybridized carbons (Fsp3) is 0.487. The molecule has 3 aromatic carbocycles. The molecule has 0 aliphatic carbocycles. The van der Waals surface area contributed by atoms with E-state index in [1.807, 2.05) is 47.4 Å². The molecule has 2 aliphatic rings. The summed E-state index contributed by atoms with van der Waals surface area (Å²) in [5, 5.41) is 19.3. The number of carbonyl (C=O) groups excluding carboxylic acids is 1. The highest BCUT2D eigenvalue weighted by atomic mass is 19.1. The molecule has 1 amide bonds. The number of amides is 1. The molecule has 258 valence electrons. The molecule has 2 heterocycles. The van der Waals surface area contributed by atoms with Crippen molar-refractivity contribution in [3.63, 3.8) is 0 Å². The molecule has 5 rings (SSSR count). The number of unbranched alkanes of at least 4 members (excludes halogenated alkanes) is 3. The van der Waals surface area contributed by atoms with Crippen molar-refractivity contribution in [3.8, 4) is 5.75 Å². The Morgan fingerprint density at radius 1 is 0.833 bits per heavy atom. The van der Waals surface area contributed by atoms with E-state index in [2.05, 4.69) is 34.6 Å². The Hall–Kier alpha value is -3.79. The number of aromatic hydroxyl groups is 1. The third-order valence-corrected chi connectivity index (χ3v) is 9.90. The lowest BCUT2D eigenvalue weighted by Gasteiger charge is -2.47. The second-order valence-electron chi connectivity index (χ2n) is 13.6. The lowest BCUT2D eigenvalue weighted by Crippen LogP contribution is -2.56. The summed E-state index contributed by atoms with van der Waals surface area (Å²) in [4.78, 5) is 33.9. The Kier molecular flexibility index (Phi) is 12.6. The summed E-state index contributed by atoms with van der Waals surface area (Å²) in [6, 6.07) is 22.5. The van der Waals surface area contributed by atoms with Crippen LogP contribution in [0.4, 0.5) is 4.39 Å². The first-order valence-electron chi connectivity index (χ1n) is 17.5. The number of carboxylic acids is 1. The van der Waals surface area contributed by atoms with E-state index in [-0.39, 0.29) is 42.0 Å². The lowest BCUT2D eigenvalue weighted by molar-refractivity contribution is -0.137. The van der Waals surface area contributed by atoms with Crippen molar-refractivity contribution in [2.75, 3.05) is 45.8 Å². The van der Waals surface area contributed by atoms with Gasteiger partial charge in [0, 0.05) is 63.3 Å². The summed E-state index contributed by atoms with van der Waals surface area (Å²) in [6.45, 7) is 10.8. The second-order valence-corrected chi connectivity index (χ2v) is 13.6. The molecule has 0 spiro atoms. The first-order valence-corrected chi connectivity index (χ1v) is 17.5. The van der Waals surface area contributed by atoms with Crippen LogP contribution in [0.25, 0.3) is 0 Å². The number of benzene rings is 3. The minimum absolute atomic E-state index is 0.0448. The van der Waals surface area contributed by atoms with E-state index in [0.29, 0.717) is 18.7 Å². The molecule has 0 aromatic heterocycles. The van der Waals surface area contributed by atoms with Crippen LogP contribution < -0.4 is 0 Å². The SMILES string of the molecule is C[C@@H]1CN(C(c2cccc(O)c2)c2cccc(C(=O)N3CCCN(CCCCCCC(=O)O)CC3)c2)[C@@H](C)CN1Cc1cccc(F)c1. The highest BCUT2D eigenvalue weighted by Crippen LogP contribution is 2.35. The third kappa shape index (κ3) is 9.65. The molecule has 2 saturated heterocycles. The third-order valence-electron chi connectivity index (χ3n) is 9.90. The number of phenols is 1. The molecule has 2 aliphatic heterocycles. The Labute approximate surface area is 284 Å². The van der Waals surface area contributed by atoms with Gasteiger partial charge in [0.1, 0.15) is 11.6 Å². The zero-order valence-corrected chi connectivity index (χ0v) is 28.4. The summed E-state index contributed by atoms with van der Waals surface area (Å²) < 4.78 is 13.9. The lowest BCUT2D eigenvalue weighted by atomic mass is 9.92. The van der Waals surface area contributed by atoms with Crippen molar-refractivity contribution in [2.45, 2.75) is 77.0 Å². The Bertz CT molecular complexity index is 1520. The number of halogens is 1. The number of phenolic OH excluding ortho intramolecular Hbond substituents is 1. The Morgan fingerprint density at radius 2 is 1.58 bits per heavy atom. The van der Waals surface area contributed by atoms with Crippen molar-refractivity contribution in [1.82, 2.24) is 19.6 Å². The summed E-state index contributed by atoms with van der Waals surface area (Å²) >= 11 is 0. The van der Waals surface area contributed by atoms with Gasteiger partial charge in [-0.15, -0.1) is 0 Å². The van der Waals surface area contributed by atoms with E-state index in [1.54, 1.807) is 18.2 Å². The van der Waals surface area contributed by atoms with Crippen LogP contribution in [-0.2, 0) is 11.3 Å². The van der Waals surface area contributed by atoms with Gasteiger partial charge in [-0.1, -0.05) is 49.2 Å². The van der Waals surface area contributed by atoms with Crippen LogP contribution in [-0.4, -0.2) is 99.6 Å². The molecule has 2 fully saturated rings. The van der Waals surface area contributed by atoms with Gasteiger partial charge in [0.25, 0.3) is 5.91 Å². The first kappa shape index (κ1) is 35.5. The van der Waals surface area contributed by atoms with E-state index in [1.165, 1.54) is 6.07 Å². The summed E-state index contributed by atoms with van der Waals surface area (Å²) in [5.74, 6) is -0.689.